The van der Waals surface area contributed by atoms with Crippen molar-refractivity contribution in [3.05, 3.63) is 72.6 Å². The van der Waals surface area contributed by atoms with Crippen molar-refractivity contribution in [2.24, 2.45) is 5.92 Å². The third kappa shape index (κ3) is 6.33. The second kappa shape index (κ2) is 11.3. The molecule has 1 aromatic heterocycles. The van der Waals surface area contributed by atoms with E-state index in [1.807, 2.05) is 72.2 Å². The molecule has 0 fully saturated rings. The highest BCUT2D eigenvalue weighted by atomic mass is 32.2. The van der Waals surface area contributed by atoms with Gasteiger partial charge in [-0.1, -0.05) is 55.9 Å². The molecule has 4 aromatic rings. The van der Waals surface area contributed by atoms with E-state index in [0.717, 1.165) is 40.3 Å². The van der Waals surface area contributed by atoms with E-state index in [9.17, 15) is 4.79 Å². The Bertz CT molecular complexity index is 1290. The molecular weight excluding hydrogens is 460 g/mol. The number of amides is 1. The van der Waals surface area contributed by atoms with Crippen molar-refractivity contribution in [2.75, 3.05) is 18.2 Å². The minimum Gasteiger partial charge on any atom is -0.497 e. The lowest BCUT2D eigenvalue weighted by Gasteiger charge is -2.18. The van der Waals surface area contributed by atoms with Crippen molar-refractivity contribution in [3.8, 4) is 11.5 Å². The van der Waals surface area contributed by atoms with E-state index in [0.29, 0.717) is 11.1 Å². The molecule has 4 rings (SSSR count). The summed E-state index contributed by atoms with van der Waals surface area (Å²) in [7, 11) is 1.63. The van der Waals surface area contributed by atoms with Gasteiger partial charge in [0.05, 0.1) is 12.9 Å². The minimum atomic E-state index is -0.310. The van der Waals surface area contributed by atoms with Gasteiger partial charge in [0, 0.05) is 12.2 Å². The summed E-state index contributed by atoms with van der Waals surface area (Å²) in [5.74, 6) is 2.75. The molecular formula is C27H30N4O3S. The Morgan fingerprint density at radius 3 is 2.40 bits per heavy atom. The summed E-state index contributed by atoms with van der Waals surface area (Å²) in [4.78, 5) is 12.7. The average molecular weight is 491 g/mol. The highest BCUT2D eigenvalue weighted by Gasteiger charge is 2.21. The number of anilines is 1. The molecule has 1 heterocycles. The number of carbonyl (C=O) groups excluding carboxylic acids is 1. The van der Waals surface area contributed by atoms with Crippen LogP contribution in [0.4, 0.5) is 5.69 Å². The standard InChI is InChI=1S/C27H30N4O3S/c1-18(2)16-31-26(19(3)34-24-13-11-23(33-4)12-14-24)29-30-27(31)35-17-25(32)28-22-10-9-20-7-5-6-8-21(20)15-22/h5-15,18-19H,16-17H2,1-4H3,(H,28,32). The first-order valence-electron chi connectivity index (χ1n) is 11.6. The summed E-state index contributed by atoms with van der Waals surface area (Å²) in [6, 6.07) is 21.4. The molecule has 3 aromatic carbocycles. The molecule has 0 spiro atoms. The van der Waals surface area contributed by atoms with E-state index in [1.54, 1.807) is 7.11 Å². The zero-order chi connectivity index (χ0) is 24.8. The Morgan fingerprint density at radius 2 is 1.69 bits per heavy atom. The molecule has 1 unspecified atom stereocenters. The van der Waals surface area contributed by atoms with Crippen LogP contribution >= 0.6 is 11.8 Å². The minimum absolute atomic E-state index is 0.0894. The Labute approximate surface area is 209 Å². The lowest BCUT2D eigenvalue weighted by molar-refractivity contribution is -0.113. The van der Waals surface area contributed by atoms with Crippen molar-refractivity contribution < 1.29 is 14.3 Å². The van der Waals surface area contributed by atoms with Crippen molar-refractivity contribution in [1.82, 2.24) is 14.8 Å². The summed E-state index contributed by atoms with van der Waals surface area (Å²) in [6.07, 6.45) is -0.310. The van der Waals surface area contributed by atoms with Crippen LogP contribution in [0.2, 0.25) is 0 Å². The van der Waals surface area contributed by atoms with Crippen LogP contribution in [-0.4, -0.2) is 33.5 Å². The maximum Gasteiger partial charge on any atom is 0.234 e. The molecule has 0 saturated heterocycles. The maximum atomic E-state index is 12.7. The summed E-state index contributed by atoms with van der Waals surface area (Å²) in [6.45, 7) is 6.96. The zero-order valence-corrected chi connectivity index (χ0v) is 21.2. The van der Waals surface area contributed by atoms with E-state index >= 15 is 0 Å². The molecule has 0 aliphatic carbocycles. The van der Waals surface area contributed by atoms with E-state index < -0.39 is 0 Å². The van der Waals surface area contributed by atoms with Gasteiger partial charge in [-0.25, -0.2) is 0 Å². The molecule has 0 aliphatic rings. The summed E-state index contributed by atoms with van der Waals surface area (Å²) in [5, 5.41) is 14.7. The number of nitrogens with zero attached hydrogens (tertiary/aromatic N) is 3. The van der Waals surface area contributed by atoms with E-state index in [-0.39, 0.29) is 17.8 Å². The topological polar surface area (TPSA) is 78.3 Å². The molecule has 0 aliphatic heterocycles. The predicted molar refractivity (Wildman–Crippen MR) is 140 cm³/mol. The van der Waals surface area contributed by atoms with Gasteiger partial charge in [0.25, 0.3) is 0 Å². The Kier molecular flexibility index (Phi) is 7.92. The molecule has 182 valence electrons. The summed E-state index contributed by atoms with van der Waals surface area (Å²) < 4.78 is 13.4. The number of methoxy groups -OCH3 is 1. The van der Waals surface area contributed by atoms with Crippen LogP contribution in [0, 0.1) is 5.92 Å². The van der Waals surface area contributed by atoms with E-state index in [4.69, 9.17) is 9.47 Å². The highest BCUT2D eigenvalue weighted by molar-refractivity contribution is 7.99. The van der Waals surface area contributed by atoms with E-state index in [2.05, 4.69) is 35.4 Å². The number of nitrogens with one attached hydrogen (secondary N) is 1. The first kappa shape index (κ1) is 24.6. The number of thioether (sulfide) groups is 1. The van der Waals surface area contributed by atoms with Gasteiger partial charge in [-0.15, -0.1) is 10.2 Å². The molecule has 0 saturated carbocycles. The average Bonchev–Trinajstić information content (AvgIpc) is 3.25. The largest absolute Gasteiger partial charge is 0.497 e. The van der Waals surface area contributed by atoms with Crippen LogP contribution in [-0.2, 0) is 11.3 Å². The van der Waals surface area contributed by atoms with Crippen LogP contribution in [0.1, 0.15) is 32.7 Å². The Balaban J connectivity index is 1.43. The molecule has 1 atom stereocenters. The number of aromatic nitrogens is 3. The quantitative estimate of drug-likeness (QED) is 0.276. The fourth-order valence-corrected chi connectivity index (χ4v) is 4.50. The van der Waals surface area contributed by atoms with Gasteiger partial charge < -0.3 is 19.4 Å². The van der Waals surface area contributed by atoms with Gasteiger partial charge in [0.2, 0.25) is 5.91 Å². The van der Waals surface area contributed by atoms with Crippen molar-refractivity contribution in [2.45, 2.75) is 38.6 Å². The predicted octanol–water partition coefficient (Wildman–Crippen LogP) is 5.97. The van der Waals surface area contributed by atoms with Gasteiger partial charge in [0.15, 0.2) is 17.1 Å². The third-order valence-electron chi connectivity index (χ3n) is 5.39. The van der Waals surface area contributed by atoms with Crippen LogP contribution in [0.15, 0.2) is 71.9 Å². The third-order valence-corrected chi connectivity index (χ3v) is 6.36. The fraction of sp³-hybridized carbons (Fsp3) is 0.296. The fourth-order valence-electron chi connectivity index (χ4n) is 3.75. The van der Waals surface area contributed by atoms with Gasteiger partial charge in [-0.3, -0.25) is 4.79 Å². The summed E-state index contributed by atoms with van der Waals surface area (Å²) >= 11 is 1.37. The second-order valence-electron chi connectivity index (χ2n) is 8.68. The van der Waals surface area contributed by atoms with Crippen LogP contribution in [0.3, 0.4) is 0 Å². The number of hydrogen-bond acceptors (Lipinski definition) is 6. The van der Waals surface area contributed by atoms with Crippen LogP contribution in [0.5, 0.6) is 11.5 Å². The first-order valence-corrected chi connectivity index (χ1v) is 12.6. The smallest absolute Gasteiger partial charge is 0.234 e. The lowest BCUT2D eigenvalue weighted by Crippen LogP contribution is -2.17. The normalized spacial score (nSPS) is 12.0. The second-order valence-corrected chi connectivity index (χ2v) is 9.62. The number of hydrogen-bond donors (Lipinski definition) is 1. The maximum absolute atomic E-state index is 12.7. The first-order chi connectivity index (χ1) is 16.9. The van der Waals surface area contributed by atoms with Crippen molar-refractivity contribution in [3.63, 3.8) is 0 Å². The van der Waals surface area contributed by atoms with Gasteiger partial charge in [0.1, 0.15) is 11.5 Å². The molecule has 35 heavy (non-hydrogen) atoms. The Hall–Kier alpha value is -3.52. The van der Waals surface area contributed by atoms with Crippen LogP contribution < -0.4 is 14.8 Å². The highest BCUT2D eigenvalue weighted by Crippen LogP contribution is 2.27. The molecule has 0 radical (unpaired) electrons. The molecule has 7 nitrogen and oxygen atoms in total. The van der Waals surface area contributed by atoms with E-state index in [1.165, 1.54) is 11.8 Å². The number of rotatable bonds is 10. The SMILES string of the molecule is COc1ccc(OC(C)c2nnc(SCC(=O)Nc3ccc4ccccc4c3)n2CC(C)C)cc1. The lowest BCUT2D eigenvalue weighted by atomic mass is 10.1. The van der Waals surface area contributed by atoms with Crippen LogP contribution in [0.25, 0.3) is 10.8 Å². The number of fused-ring (bicyclic) bond motifs is 1. The van der Waals surface area contributed by atoms with Gasteiger partial charge in [-0.2, -0.15) is 0 Å². The van der Waals surface area contributed by atoms with Gasteiger partial charge in [-0.05, 0) is 60.0 Å². The zero-order valence-electron chi connectivity index (χ0n) is 20.4. The number of carbonyl (C=O) groups is 1. The van der Waals surface area contributed by atoms with Crippen molar-refractivity contribution >= 4 is 34.1 Å². The number of benzene rings is 3. The molecule has 8 heteroatoms. The van der Waals surface area contributed by atoms with Crippen molar-refractivity contribution in [1.29, 1.82) is 0 Å². The monoisotopic (exact) mass is 490 g/mol. The van der Waals surface area contributed by atoms with Gasteiger partial charge >= 0.3 is 0 Å². The molecule has 1 amide bonds. The number of ether oxygens (including phenoxy) is 2. The molecule has 0 bridgehead atoms. The Morgan fingerprint density at radius 1 is 0.971 bits per heavy atom. The summed E-state index contributed by atoms with van der Waals surface area (Å²) in [5.41, 5.74) is 0.778. The molecule has 1 N–H and O–H groups in total.